The predicted octanol–water partition coefficient (Wildman–Crippen LogP) is 5.33. The molecule has 0 atom stereocenters. The van der Waals surface area contributed by atoms with Crippen molar-refractivity contribution in [3.63, 3.8) is 0 Å². The molecule has 4 aromatic rings. The smallest absolute Gasteiger partial charge is 0.255 e. The Kier molecular flexibility index (Phi) is 6.06. The molecule has 0 radical (unpaired) electrons. The van der Waals surface area contributed by atoms with E-state index in [2.05, 4.69) is 36.5 Å². The Morgan fingerprint density at radius 1 is 1.03 bits per heavy atom. The lowest BCUT2D eigenvalue weighted by atomic mass is 10.1. The van der Waals surface area contributed by atoms with Crippen LogP contribution in [0.15, 0.2) is 76.7 Å². The van der Waals surface area contributed by atoms with Crippen molar-refractivity contribution in [2.45, 2.75) is 6.42 Å². The Labute approximate surface area is 185 Å². The van der Waals surface area contributed by atoms with E-state index in [0.717, 1.165) is 21.4 Å². The van der Waals surface area contributed by atoms with Crippen LogP contribution >= 0.6 is 27.3 Å². The van der Waals surface area contributed by atoms with Crippen LogP contribution in [0.4, 0.5) is 10.8 Å². The normalized spacial score (nSPS) is 10.6. The number of carbonyl (C=O) groups excluding carboxylic acids is 2. The molecule has 0 saturated carbocycles. The molecule has 2 heterocycles. The number of carbonyl (C=O) groups is 2. The summed E-state index contributed by atoms with van der Waals surface area (Å²) in [6, 6.07) is 18.2. The van der Waals surface area contributed by atoms with Gasteiger partial charge in [-0.2, -0.15) is 0 Å². The number of halogens is 1. The molecule has 2 aromatic heterocycles. The summed E-state index contributed by atoms with van der Waals surface area (Å²) < 4.78 is 0.844. The van der Waals surface area contributed by atoms with E-state index >= 15 is 0 Å². The van der Waals surface area contributed by atoms with Crippen LogP contribution in [-0.4, -0.2) is 21.8 Å². The number of nitrogens with one attached hydrogen (secondary N) is 3. The zero-order valence-corrected chi connectivity index (χ0v) is 18.1. The minimum atomic E-state index is -0.191. The van der Waals surface area contributed by atoms with Crippen LogP contribution in [0, 0.1) is 0 Å². The summed E-state index contributed by atoms with van der Waals surface area (Å²) in [6.45, 7) is 0. The molecule has 0 unspecified atom stereocenters. The summed E-state index contributed by atoms with van der Waals surface area (Å²) in [5, 5.41) is 8.13. The average molecular weight is 481 g/mol. The standard InChI is InChI=1S/C22H17BrN4O2S/c23-16-4-1-3-15(12-16)21(29)25-17-8-6-14(7-9-17)11-20(28)27-22-26-19(13-30-22)18-5-2-10-24-18/h1-10,12-13,24H,11H2,(H,25,29)(H,26,27,28). The van der Waals surface area contributed by atoms with E-state index in [4.69, 9.17) is 0 Å². The van der Waals surface area contributed by atoms with Crippen molar-refractivity contribution in [3.05, 3.63) is 87.8 Å². The van der Waals surface area contributed by atoms with Crippen molar-refractivity contribution in [2.24, 2.45) is 0 Å². The number of thiazole rings is 1. The van der Waals surface area contributed by atoms with Gasteiger partial charge in [0, 0.05) is 27.3 Å². The highest BCUT2D eigenvalue weighted by molar-refractivity contribution is 9.10. The number of hydrogen-bond donors (Lipinski definition) is 3. The van der Waals surface area contributed by atoms with Gasteiger partial charge in [-0.1, -0.05) is 34.1 Å². The summed E-state index contributed by atoms with van der Waals surface area (Å²) in [5.74, 6) is -0.336. The monoisotopic (exact) mass is 480 g/mol. The number of benzene rings is 2. The molecular formula is C22H17BrN4O2S. The van der Waals surface area contributed by atoms with Gasteiger partial charge in [-0.05, 0) is 48.0 Å². The minimum absolute atomic E-state index is 0.145. The maximum atomic E-state index is 12.3. The zero-order chi connectivity index (χ0) is 20.9. The summed E-state index contributed by atoms with van der Waals surface area (Å²) in [6.07, 6.45) is 2.05. The summed E-state index contributed by atoms with van der Waals surface area (Å²) in [5.41, 5.74) is 3.78. The molecule has 0 saturated heterocycles. The second kappa shape index (κ2) is 9.06. The second-order valence-electron chi connectivity index (χ2n) is 6.51. The van der Waals surface area contributed by atoms with Crippen molar-refractivity contribution in [1.82, 2.24) is 9.97 Å². The first-order chi connectivity index (χ1) is 14.6. The van der Waals surface area contributed by atoms with E-state index in [1.54, 1.807) is 24.3 Å². The Morgan fingerprint density at radius 3 is 2.60 bits per heavy atom. The molecule has 3 N–H and O–H groups in total. The number of amides is 2. The fourth-order valence-corrected chi connectivity index (χ4v) is 3.96. The molecule has 0 aliphatic carbocycles. The van der Waals surface area contributed by atoms with Gasteiger partial charge < -0.3 is 15.6 Å². The van der Waals surface area contributed by atoms with E-state index in [-0.39, 0.29) is 18.2 Å². The zero-order valence-electron chi connectivity index (χ0n) is 15.7. The molecular weight excluding hydrogens is 464 g/mol. The first-order valence-electron chi connectivity index (χ1n) is 9.12. The number of hydrogen-bond acceptors (Lipinski definition) is 4. The fraction of sp³-hybridized carbons (Fsp3) is 0.0455. The third kappa shape index (κ3) is 5.03. The molecule has 2 aromatic carbocycles. The molecule has 6 nitrogen and oxygen atoms in total. The average Bonchev–Trinajstić information content (AvgIpc) is 3.41. The third-order valence-electron chi connectivity index (χ3n) is 4.29. The Balaban J connectivity index is 1.33. The molecule has 0 aliphatic rings. The second-order valence-corrected chi connectivity index (χ2v) is 8.28. The van der Waals surface area contributed by atoms with Crippen molar-refractivity contribution in [3.8, 4) is 11.4 Å². The predicted molar refractivity (Wildman–Crippen MR) is 123 cm³/mol. The lowest BCUT2D eigenvalue weighted by Crippen LogP contribution is -2.14. The van der Waals surface area contributed by atoms with Gasteiger partial charge in [0.25, 0.3) is 5.91 Å². The number of anilines is 2. The van der Waals surface area contributed by atoms with Crippen LogP contribution in [-0.2, 0) is 11.2 Å². The Bertz CT molecular complexity index is 1170. The Morgan fingerprint density at radius 2 is 1.87 bits per heavy atom. The van der Waals surface area contributed by atoms with Gasteiger partial charge in [0.15, 0.2) is 5.13 Å². The highest BCUT2D eigenvalue weighted by Crippen LogP contribution is 2.23. The fourth-order valence-electron chi connectivity index (χ4n) is 2.83. The molecule has 4 rings (SSSR count). The van der Waals surface area contributed by atoms with Crippen LogP contribution in [0.5, 0.6) is 0 Å². The maximum Gasteiger partial charge on any atom is 0.255 e. The molecule has 8 heteroatoms. The number of nitrogens with zero attached hydrogens (tertiary/aromatic N) is 1. The molecule has 150 valence electrons. The molecule has 0 fully saturated rings. The summed E-state index contributed by atoms with van der Waals surface area (Å²) >= 11 is 4.74. The molecule has 2 amide bonds. The quantitative estimate of drug-likeness (QED) is 0.348. The Hall–Kier alpha value is -3.23. The lowest BCUT2D eigenvalue weighted by molar-refractivity contribution is -0.115. The first kappa shape index (κ1) is 20.1. The molecule has 30 heavy (non-hydrogen) atoms. The summed E-state index contributed by atoms with van der Waals surface area (Å²) in [7, 11) is 0. The molecule has 0 bridgehead atoms. The highest BCUT2D eigenvalue weighted by Gasteiger charge is 2.10. The number of aromatic amines is 1. The summed E-state index contributed by atoms with van der Waals surface area (Å²) in [4.78, 5) is 32.2. The topological polar surface area (TPSA) is 86.9 Å². The van der Waals surface area contributed by atoms with Crippen LogP contribution in [0.2, 0.25) is 0 Å². The highest BCUT2D eigenvalue weighted by atomic mass is 79.9. The van der Waals surface area contributed by atoms with Crippen LogP contribution < -0.4 is 10.6 Å². The van der Waals surface area contributed by atoms with Crippen molar-refractivity contribution < 1.29 is 9.59 Å². The van der Waals surface area contributed by atoms with Gasteiger partial charge in [-0.3, -0.25) is 9.59 Å². The third-order valence-corrected chi connectivity index (χ3v) is 5.54. The molecule has 0 spiro atoms. The molecule has 0 aliphatic heterocycles. The van der Waals surface area contributed by atoms with Gasteiger partial charge in [-0.25, -0.2) is 4.98 Å². The lowest BCUT2D eigenvalue weighted by Gasteiger charge is -2.07. The SMILES string of the molecule is O=C(Cc1ccc(NC(=O)c2cccc(Br)c2)cc1)Nc1nc(-c2ccc[nH]2)cs1. The van der Waals surface area contributed by atoms with Crippen molar-refractivity contribution >= 4 is 49.9 Å². The largest absolute Gasteiger partial charge is 0.360 e. The van der Waals surface area contributed by atoms with Gasteiger partial charge in [0.2, 0.25) is 5.91 Å². The van der Waals surface area contributed by atoms with E-state index in [0.29, 0.717) is 16.4 Å². The van der Waals surface area contributed by atoms with Crippen molar-refractivity contribution in [1.29, 1.82) is 0 Å². The minimum Gasteiger partial charge on any atom is -0.360 e. The van der Waals surface area contributed by atoms with Crippen LogP contribution in [0.1, 0.15) is 15.9 Å². The van der Waals surface area contributed by atoms with Gasteiger partial charge >= 0.3 is 0 Å². The number of rotatable bonds is 6. The van der Waals surface area contributed by atoms with E-state index in [1.807, 2.05) is 48.0 Å². The van der Waals surface area contributed by atoms with E-state index in [9.17, 15) is 9.59 Å². The van der Waals surface area contributed by atoms with Crippen LogP contribution in [0.25, 0.3) is 11.4 Å². The van der Waals surface area contributed by atoms with E-state index < -0.39 is 0 Å². The first-order valence-corrected chi connectivity index (χ1v) is 10.8. The number of H-pyrrole nitrogens is 1. The van der Waals surface area contributed by atoms with Crippen LogP contribution in [0.3, 0.4) is 0 Å². The van der Waals surface area contributed by atoms with Gasteiger partial charge in [0.05, 0.1) is 17.8 Å². The number of aromatic nitrogens is 2. The van der Waals surface area contributed by atoms with Gasteiger partial charge in [-0.15, -0.1) is 11.3 Å². The van der Waals surface area contributed by atoms with Crippen molar-refractivity contribution in [2.75, 3.05) is 10.6 Å². The maximum absolute atomic E-state index is 12.3. The van der Waals surface area contributed by atoms with Gasteiger partial charge in [0.1, 0.15) is 0 Å². The van der Waals surface area contributed by atoms with E-state index in [1.165, 1.54) is 11.3 Å².